The third-order valence-corrected chi connectivity index (χ3v) is 3.71. The van der Waals surface area contributed by atoms with Gasteiger partial charge in [0, 0.05) is 31.6 Å². The van der Waals surface area contributed by atoms with E-state index in [2.05, 4.69) is 5.32 Å². The molecule has 0 bridgehead atoms. The summed E-state index contributed by atoms with van der Waals surface area (Å²) in [5.41, 5.74) is -0.667. The molecule has 0 aromatic rings. The number of hydrogen-bond acceptors (Lipinski definition) is 5. The predicted molar refractivity (Wildman–Crippen MR) is 68.6 cm³/mol. The van der Waals surface area contributed by atoms with Crippen molar-refractivity contribution in [2.24, 2.45) is 11.3 Å². The van der Waals surface area contributed by atoms with Crippen molar-refractivity contribution in [2.75, 3.05) is 33.3 Å². The Bertz CT molecular complexity index is 383. The molecule has 1 spiro atoms. The van der Waals surface area contributed by atoms with E-state index < -0.39 is 5.60 Å². The van der Waals surface area contributed by atoms with Gasteiger partial charge in [0.25, 0.3) is 0 Å². The van der Waals surface area contributed by atoms with E-state index in [1.54, 1.807) is 4.90 Å². The van der Waals surface area contributed by atoms with Gasteiger partial charge < -0.3 is 19.7 Å². The summed E-state index contributed by atoms with van der Waals surface area (Å²) in [5, 5.41) is 3.21. The molecule has 2 fully saturated rings. The molecule has 0 aromatic heterocycles. The molecular formula is C13H22N2O4. The Morgan fingerprint density at radius 1 is 1.32 bits per heavy atom. The molecule has 1 N–H and O–H groups in total. The first-order valence-corrected chi connectivity index (χ1v) is 6.54. The zero-order valence-corrected chi connectivity index (χ0v) is 12.0. The molecule has 6 nitrogen and oxygen atoms in total. The Labute approximate surface area is 113 Å². The largest absolute Gasteiger partial charge is 0.469 e. The fourth-order valence-electron chi connectivity index (χ4n) is 2.78. The van der Waals surface area contributed by atoms with Crippen molar-refractivity contribution < 1.29 is 19.1 Å². The summed E-state index contributed by atoms with van der Waals surface area (Å²) in [7, 11) is 1.40. The first kappa shape index (κ1) is 14.1. The number of hydrogen-bond donors (Lipinski definition) is 1. The second-order valence-corrected chi connectivity index (χ2v) is 6.41. The van der Waals surface area contributed by atoms with Crippen LogP contribution in [0.25, 0.3) is 0 Å². The lowest BCUT2D eigenvalue weighted by Gasteiger charge is -2.49. The lowest BCUT2D eigenvalue weighted by molar-refractivity contribution is -0.153. The van der Waals surface area contributed by atoms with Crippen LogP contribution < -0.4 is 5.32 Å². The molecule has 2 aliphatic heterocycles. The van der Waals surface area contributed by atoms with Gasteiger partial charge in [-0.3, -0.25) is 4.79 Å². The molecule has 0 unspecified atom stereocenters. The Balaban J connectivity index is 1.94. The summed E-state index contributed by atoms with van der Waals surface area (Å²) in [6.07, 6.45) is -0.311. The highest BCUT2D eigenvalue weighted by Crippen LogP contribution is 2.41. The highest BCUT2D eigenvalue weighted by atomic mass is 16.6. The molecule has 1 atom stereocenters. The van der Waals surface area contributed by atoms with Crippen LogP contribution in [0.3, 0.4) is 0 Å². The second-order valence-electron chi connectivity index (χ2n) is 6.41. The van der Waals surface area contributed by atoms with Gasteiger partial charge in [0.1, 0.15) is 5.60 Å². The van der Waals surface area contributed by atoms with Gasteiger partial charge in [-0.1, -0.05) is 0 Å². The van der Waals surface area contributed by atoms with Crippen molar-refractivity contribution in [3.05, 3.63) is 0 Å². The molecule has 2 saturated heterocycles. The Kier molecular flexibility index (Phi) is 3.47. The van der Waals surface area contributed by atoms with Crippen molar-refractivity contribution in [1.82, 2.24) is 10.2 Å². The average Bonchev–Trinajstić information content (AvgIpc) is 2.67. The quantitative estimate of drug-likeness (QED) is 0.707. The minimum absolute atomic E-state index is 0.170. The minimum Gasteiger partial charge on any atom is -0.469 e. The van der Waals surface area contributed by atoms with E-state index in [9.17, 15) is 9.59 Å². The third-order valence-electron chi connectivity index (χ3n) is 3.71. The molecule has 0 radical (unpaired) electrons. The summed E-state index contributed by atoms with van der Waals surface area (Å²) in [5.74, 6) is -0.370. The number of rotatable bonds is 1. The van der Waals surface area contributed by atoms with Crippen molar-refractivity contribution >= 4 is 12.1 Å². The van der Waals surface area contributed by atoms with E-state index in [1.807, 2.05) is 20.8 Å². The first-order valence-electron chi connectivity index (χ1n) is 6.54. The number of amides is 1. The van der Waals surface area contributed by atoms with Gasteiger partial charge in [-0.2, -0.15) is 0 Å². The van der Waals surface area contributed by atoms with Crippen LogP contribution in [0.5, 0.6) is 0 Å². The number of nitrogens with one attached hydrogen (secondary N) is 1. The van der Waals surface area contributed by atoms with Crippen LogP contribution in [0.15, 0.2) is 0 Å². The summed E-state index contributed by atoms with van der Waals surface area (Å²) in [6.45, 7) is 7.99. The van der Waals surface area contributed by atoms with Crippen LogP contribution in [0.4, 0.5) is 4.79 Å². The fourth-order valence-corrected chi connectivity index (χ4v) is 2.78. The SMILES string of the molecule is COC(=O)[C@@H]1CNCC12CN(C(=O)OC(C)(C)C)C2. The maximum Gasteiger partial charge on any atom is 0.410 e. The van der Waals surface area contributed by atoms with E-state index in [1.165, 1.54) is 7.11 Å². The third kappa shape index (κ3) is 2.68. The number of esters is 1. The Morgan fingerprint density at radius 3 is 2.47 bits per heavy atom. The molecule has 1 amide bonds. The van der Waals surface area contributed by atoms with Gasteiger partial charge in [-0.25, -0.2) is 4.79 Å². The minimum atomic E-state index is -0.491. The molecule has 0 saturated carbocycles. The zero-order chi connectivity index (χ0) is 14.3. The first-order chi connectivity index (χ1) is 8.77. The monoisotopic (exact) mass is 270 g/mol. The van der Waals surface area contributed by atoms with Crippen molar-refractivity contribution in [3.8, 4) is 0 Å². The van der Waals surface area contributed by atoms with Crippen LogP contribution in [-0.4, -0.2) is 55.9 Å². The molecule has 0 aromatic carbocycles. The normalized spacial score (nSPS) is 25.1. The average molecular weight is 270 g/mol. The smallest absolute Gasteiger partial charge is 0.410 e. The highest BCUT2D eigenvalue weighted by Gasteiger charge is 2.56. The van der Waals surface area contributed by atoms with Crippen LogP contribution in [0, 0.1) is 11.3 Å². The molecule has 19 heavy (non-hydrogen) atoms. The van der Waals surface area contributed by atoms with Crippen molar-refractivity contribution in [3.63, 3.8) is 0 Å². The number of carbonyl (C=O) groups is 2. The van der Waals surface area contributed by atoms with E-state index in [4.69, 9.17) is 9.47 Å². The number of likely N-dealkylation sites (tertiary alicyclic amines) is 1. The van der Waals surface area contributed by atoms with Gasteiger partial charge in [0.15, 0.2) is 0 Å². The van der Waals surface area contributed by atoms with Gasteiger partial charge >= 0.3 is 12.1 Å². The second kappa shape index (κ2) is 4.67. The van der Waals surface area contributed by atoms with Gasteiger partial charge in [-0.15, -0.1) is 0 Å². The van der Waals surface area contributed by atoms with Crippen molar-refractivity contribution in [1.29, 1.82) is 0 Å². The summed E-state index contributed by atoms with van der Waals surface area (Å²) in [6, 6.07) is 0. The predicted octanol–water partition coefficient (Wildman–Crippen LogP) is 0.616. The van der Waals surface area contributed by atoms with Crippen LogP contribution in [0.2, 0.25) is 0 Å². The van der Waals surface area contributed by atoms with Crippen LogP contribution in [0.1, 0.15) is 20.8 Å². The van der Waals surface area contributed by atoms with Crippen molar-refractivity contribution in [2.45, 2.75) is 26.4 Å². The molecule has 2 aliphatic rings. The standard InChI is InChI=1S/C13H22N2O4/c1-12(2,3)19-11(17)15-7-13(8-15)6-14-5-9(13)10(16)18-4/h9,14H,5-8H2,1-4H3/t9-/m0/s1. The lowest BCUT2D eigenvalue weighted by atomic mass is 9.72. The number of carbonyl (C=O) groups excluding carboxylic acids is 2. The number of methoxy groups -OCH3 is 1. The summed E-state index contributed by atoms with van der Waals surface area (Å²) >= 11 is 0. The summed E-state index contributed by atoms with van der Waals surface area (Å²) < 4.78 is 10.1. The van der Waals surface area contributed by atoms with E-state index in [-0.39, 0.29) is 23.4 Å². The molecule has 108 valence electrons. The van der Waals surface area contributed by atoms with Gasteiger partial charge in [-0.05, 0) is 20.8 Å². The maximum atomic E-state index is 11.9. The summed E-state index contributed by atoms with van der Waals surface area (Å²) in [4.78, 5) is 25.3. The maximum absolute atomic E-state index is 11.9. The lowest BCUT2D eigenvalue weighted by Crippen LogP contribution is -2.63. The molecule has 2 rings (SSSR count). The molecule has 0 aliphatic carbocycles. The topological polar surface area (TPSA) is 67.9 Å². The highest BCUT2D eigenvalue weighted by molar-refractivity contribution is 5.76. The molecular weight excluding hydrogens is 248 g/mol. The number of nitrogens with zero attached hydrogens (tertiary/aromatic N) is 1. The Hall–Kier alpha value is -1.30. The van der Waals surface area contributed by atoms with E-state index >= 15 is 0 Å². The van der Waals surface area contributed by atoms with Crippen LogP contribution in [-0.2, 0) is 14.3 Å². The Morgan fingerprint density at radius 2 is 1.95 bits per heavy atom. The fraction of sp³-hybridized carbons (Fsp3) is 0.846. The van der Waals surface area contributed by atoms with Gasteiger partial charge in [0.05, 0.1) is 13.0 Å². The molecule has 6 heteroatoms. The van der Waals surface area contributed by atoms with E-state index in [0.29, 0.717) is 19.6 Å². The zero-order valence-electron chi connectivity index (χ0n) is 12.0. The molecule has 2 heterocycles. The van der Waals surface area contributed by atoms with E-state index in [0.717, 1.165) is 6.54 Å². The van der Waals surface area contributed by atoms with Crippen LogP contribution >= 0.6 is 0 Å². The van der Waals surface area contributed by atoms with Gasteiger partial charge in [0.2, 0.25) is 0 Å². The number of ether oxygens (including phenoxy) is 2.